The monoisotopic (exact) mass is 168 g/mol. The van der Waals surface area contributed by atoms with Crippen molar-refractivity contribution >= 4 is 5.97 Å². The zero-order chi connectivity index (χ0) is 9.14. The van der Waals surface area contributed by atoms with Crippen LogP contribution < -0.4 is 5.73 Å². The minimum Gasteiger partial charge on any atom is -0.481 e. The molecular formula is C8H12N2O2. The SMILES string of the molecule is Cn1ccc(C(N)CC(=O)O)c1. The number of hydrogen-bond donors (Lipinski definition) is 2. The molecule has 4 nitrogen and oxygen atoms in total. The maximum absolute atomic E-state index is 10.3. The van der Waals surface area contributed by atoms with Crippen molar-refractivity contribution in [2.24, 2.45) is 12.8 Å². The van der Waals surface area contributed by atoms with Crippen molar-refractivity contribution < 1.29 is 9.90 Å². The van der Waals surface area contributed by atoms with Gasteiger partial charge < -0.3 is 15.4 Å². The van der Waals surface area contributed by atoms with E-state index in [1.54, 1.807) is 0 Å². The first-order valence-electron chi connectivity index (χ1n) is 3.69. The normalized spacial score (nSPS) is 12.8. The Balaban J connectivity index is 2.64. The second kappa shape index (κ2) is 3.40. The number of hydrogen-bond acceptors (Lipinski definition) is 2. The van der Waals surface area contributed by atoms with Gasteiger partial charge in [-0.3, -0.25) is 4.79 Å². The molecule has 1 heterocycles. The molecule has 0 amide bonds. The largest absolute Gasteiger partial charge is 0.481 e. The van der Waals surface area contributed by atoms with Gasteiger partial charge in [-0.2, -0.15) is 0 Å². The molecule has 4 heteroatoms. The van der Waals surface area contributed by atoms with Crippen LogP contribution in [0.1, 0.15) is 18.0 Å². The van der Waals surface area contributed by atoms with Gasteiger partial charge in [-0.15, -0.1) is 0 Å². The van der Waals surface area contributed by atoms with Gasteiger partial charge in [0.25, 0.3) is 0 Å². The molecule has 0 fully saturated rings. The highest BCUT2D eigenvalue weighted by atomic mass is 16.4. The van der Waals surface area contributed by atoms with E-state index in [1.165, 1.54) is 0 Å². The van der Waals surface area contributed by atoms with E-state index in [9.17, 15) is 4.79 Å². The molecule has 0 bridgehead atoms. The molecule has 0 aliphatic heterocycles. The smallest absolute Gasteiger partial charge is 0.305 e. The lowest BCUT2D eigenvalue weighted by molar-refractivity contribution is -0.137. The van der Waals surface area contributed by atoms with E-state index in [1.807, 2.05) is 30.1 Å². The summed E-state index contributed by atoms with van der Waals surface area (Å²) in [6.07, 6.45) is 3.65. The summed E-state index contributed by atoms with van der Waals surface area (Å²) >= 11 is 0. The second-order valence-electron chi connectivity index (χ2n) is 2.81. The Kier molecular flexibility index (Phi) is 2.50. The molecule has 0 aliphatic rings. The van der Waals surface area contributed by atoms with Gasteiger partial charge in [0.05, 0.1) is 6.42 Å². The lowest BCUT2D eigenvalue weighted by atomic mass is 10.1. The number of aliphatic carboxylic acids is 1. The van der Waals surface area contributed by atoms with Crippen molar-refractivity contribution in [2.45, 2.75) is 12.5 Å². The summed E-state index contributed by atoms with van der Waals surface area (Å²) in [4.78, 5) is 10.3. The summed E-state index contributed by atoms with van der Waals surface area (Å²) in [5.41, 5.74) is 6.48. The van der Waals surface area contributed by atoms with Crippen molar-refractivity contribution in [3.63, 3.8) is 0 Å². The quantitative estimate of drug-likeness (QED) is 0.690. The number of carbonyl (C=O) groups is 1. The van der Waals surface area contributed by atoms with Gasteiger partial charge in [0.15, 0.2) is 0 Å². The van der Waals surface area contributed by atoms with E-state index in [0.717, 1.165) is 5.56 Å². The van der Waals surface area contributed by atoms with Gasteiger partial charge in [0.2, 0.25) is 0 Å². The molecule has 0 saturated carbocycles. The summed E-state index contributed by atoms with van der Waals surface area (Å²) in [5.74, 6) is -0.869. The van der Waals surface area contributed by atoms with E-state index in [-0.39, 0.29) is 6.42 Å². The third kappa shape index (κ3) is 2.10. The Bertz CT molecular complexity index is 280. The van der Waals surface area contributed by atoms with Crippen molar-refractivity contribution in [2.75, 3.05) is 0 Å². The van der Waals surface area contributed by atoms with Gasteiger partial charge in [0.1, 0.15) is 0 Å². The Morgan fingerprint density at radius 2 is 2.50 bits per heavy atom. The van der Waals surface area contributed by atoms with Crippen LogP contribution in [0.5, 0.6) is 0 Å². The van der Waals surface area contributed by atoms with Crippen molar-refractivity contribution in [1.82, 2.24) is 4.57 Å². The number of nitrogens with zero attached hydrogens (tertiary/aromatic N) is 1. The highest BCUT2D eigenvalue weighted by Crippen LogP contribution is 2.13. The summed E-state index contributed by atoms with van der Waals surface area (Å²) in [6, 6.07) is 1.43. The third-order valence-corrected chi connectivity index (χ3v) is 1.68. The molecule has 0 aliphatic carbocycles. The number of nitrogens with two attached hydrogens (primary N) is 1. The third-order valence-electron chi connectivity index (χ3n) is 1.68. The number of rotatable bonds is 3. The summed E-state index contributed by atoms with van der Waals surface area (Å²) < 4.78 is 1.84. The molecule has 12 heavy (non-hydrogen) atoms. The van der Waals surface area contributed by atoms with Crippen LogP contribution in [0.15, 0.2) is 18.5 Å². The Hall–Kier alpha value is -1.29. The second-order valence-corrected chi connectivity index (χ2v) is 2.81. The van der Waals surface area contributed by atoms with Crippen LogP contribution in [0.3, 0.4) is 0 Å². The lowest BCUT2D eigenvalue weighted by Crippen LogP contribution is -2.14. The average molecular weight is 168 g/mol. The number of aromatic nitrogens is 1. The van der Waals surface area contributed by atoms with Gasteiger partial charge in [-0.1, -0.05) is 0 Å². The number of aryl methyl sites for hydroxylation is 1. The fraction of sp³-hybridized carbons (Fsp3) is 0.375. The molecule has 0 aromatic carbocycles. The molecule has 0 spiro atoms. The first kappa shape index (κ1) is 8.80. The number of carboxylic acid groups (broad SMARTS) is 1. The fourth-order valence-electron chi connectivity index (χ4n) is 1.05. The summed E-state index contributed by atoms with van der Waals surface area (Å²) in [6.45, 7) is 0. The van der Waals surface area contributed by atoms with Crippen LogP contribution in [0.25, 0.3) is 0 Å². The van der Waals surface area contributed by atoms with E-state index in [2.05, 4.69) is 0 Å². The van der Waals surface area contributed by atoms with Gasteiger partial charge in [0, 0.05) is 25.5 Å². The van der Waals surface area contributed by atoms with Gasteiger partial charge >= 0.3 is 5.97 Å². The minimum absolute atomic E-state index is 0.0238. The van der Waals surface area contributed by atoms with E-state index in [0.29, 0.717) is 0 Å². The van der Waals surface area contributed by atoms with Gasteiger partial charge in [-0.25, -0.2) is 0 Å². The van der Waals surface area contributed by atoms with Crippen LogP contribution in [0.4, 0.5) is 0 Å². The Labute approximate surface area is 70.6 Å². The van der Waals surface area contributed by atoms with Crippen LogP contribution in [-0.4, -0.2) is 15.6 Å². The highest BCUT2D eigenvalue weighted by Gasteiger charge is 2.10. The molecule has 1 aromatic heterocycles. The maximum Gasteiger partial charge on any atom is 0.305 e. The molecule has 1 unspecified atom stereocenters. The van der Waals surface area contributed by atoms with E-state index >= 15 is 0 Å². The molecule has 3 N–H and O–H groups in total. The zero-order valence-corrected chi connectivity index (χ0v) is 6.90. The zero-order valence-electron chi connectivity index (χ0n) is 6.90. The van der Waals surface area contributed by atoms with E-state index < -0.39 is 12.0 Å². The first-order valence-corrected chi connectivity index (χ1v) is 3.69. The van der Waals surface area contributed by atoms with Crippen LogP contribution >= 0.6 is 0 Å². The Morgan fingerprint density at radius 3 is 2.92 bits per heavy atom. The summed E-state index contributed by atoms with van der Waals surface area (Å²) in [5, 5.41) is 8.47. The number of carboxylic acids is 1. The predicted molar refractivity (Wildman–Crippen MR) is 44.6 cm³/mol. The highest BCUT2D eigenvalue weighted by molar-refractivity contribution is 5.67. The maximum atomic E-state index is 10.3. The van der Waals surface area contributed by atoms with E-state index in [4.69, 9.17) is 10.8 Å². The molecule has 1 rings (SSSR count). The standard InChI is InChI=1S/C8H12N2O2/c1-10-3-2-6(5-10)7(9)4-8(11)12/h2-3,5,7H,4,9H2,1H3,(H,11,12). The van der Waals surface area contributed by atoms with Crippen molar-refractivity contribution in [1.29, 1.82) is 0 Å². The molecule has 1 atom stereocenters. The summed E-state index contributed by atoms with van der Waals surface area (Å²) in [7, 11) is 1.87. The van der Waals surface area contributed by atoms with Gasteiger partial charge in [-0.05, 0) is 11.6 Å². The Morgan fingerprint density at radius 1 is 1.83 bits per heavy atom. The molecule has 0 saturated heterocycles. The minimum atomic E-state index is -0.869. The first-order chi connectivity index (χ1) is 5.59. The average Bonchev–Trinajstić information content (AvgIpc) is 2.34. The molecule has 1 aromatic rings. The topological polar surface area (TPSA) is 68.2 Å². The van der Waals surface area contributed by atoms with Crippen LogP contribution in [0.2, 0.25) is 0 Å². The fourth-order valence-corrected chi connectivity index (χ4v) is 1.05. The van der Waals surface area contributed by atoms with Crippen molar-refractivity contribution in [3.05, 3.63) is 24.0 Å². The van der Waals surface area contributed by atoms with Crippen LogP contribution in [0, 0.1) is 0 Å². The molecule has 0 radical (unpaired) electrons. The predicted octanol–water partition coefficient (Wildman–Crippen LogP) is 0.500. The van der Waals surface area contributed by atoms with Crippen LogP contribution in [-0.2, 0) is 11.8 Å². The molecule has 66 valence electrons. The molecular weight excluding hydrogens is 156 g/mol. The van der Waals surface area contributed by atoms with Crippen molar-refractivity contribution in [3.8, 4) is 0 Å². The lowest BCUT2D eigenvalue weighted by Gasteiger charge is -2.04.